The van der Waals surface area contributed by atoms with Gasteiger partial charge in [-0.2, -0.15) is 4.99 Å². The van der Waals surface area contributed by atoms with Crippen LogP contribution in [-0.2, 0) is 0 Å². The quantitative estimate of drug-likeness (QED) is 0.394. The lowest BCUT2D eigenvalue weighted by Gasteiger charge is -2.14. The third-order valence-electron chi connectivity index (χ3n) is 0.684. The molecule has 0 bridgehead atoms. The Labute approximate surface area is 61.8 Å². The molecule has 1 aliphatic rings. The maximum absolute atomic E-state index is 5.43. The molecule has 0 aromatic rings. The molecular formula is C3H4Cl2N4. The van der Waals surface area contributed by atoms with Crippen molar-refractivity contribution in [3.8, 4) is 0 Å². The Balaban J connectivity index is 2.78. The Kier molecular flexibility index (Phi) is 1.61. The van der Waals surface area contributed by atoms with Gasteiger partial charge in [0.2, 0.25) is 5.29 Å². The van der Waals surface area contributed by atoms with Gasteiger partial charge in [-0.25, -0.2) is 4.99 Å². The number of rotatable bonds is 0. The van der Waals surface area contributed by atoms with Crippen LogP contribution in [0.25, 0.3) is 0 Å². The van der Waals surface area contributed by atoms with Crippen LogP contribution >= 0.6 is 23.2 Å². The van der Waals surface area contributed by atoms with Crippen LogP contribution in [0.3, 0.4) is 0 Å². The molecule has 0 fully saturated rings. The van der Waals surface area contributed by atoms with E-state index in [0.29, 0.717) is 0 Å². The zero-order chi connectivity index (χ0) is 6.91. The molecule has 0 saturated carbocycles. The van der Waals surface area contributed by atoms with Gasteiger partial charge in [0, 0.05) is 0 Å². The molecule has 9 heavy (non-hydrogen) atoms. The van der Waals surface area contributed by atoms with Gasteiger partial charge in [0.15, 0.2) is 0 Å². The standard InChI is InChI=1S/C3H4Cl2N4/c4-2-7-1-8-3(5,6)9-2/h1H,6H2,(H,7,8,9). The second kappa shape index (κ2) is 2.13. The molecule has 1 heterocycles. The van der Waals surface area contributed by atoms with Gasteiger partial charge in [-0.05, 0) is 11.6 Å². The van der Waals surface area contributed by atoms with Crippen molar-refractivity contribution in [1.82, 2.24) is 5.32 Å². The van der Waals surface area contributed by atoms with Crippen LogP contribution in [0, 0.1) is 0 Å². The van der Waals surface area contributed by atoms with Gasteiger partial charge in [0.1, 0.15) is 0 Å². The minimum Gasteiger partial charge on any atom is -0.322 e. The summed E-state index contributed by atoms with van der Waals surface area (Å²) < 4.78 is 0. The van der Waals surface area contributed by atoms with Crippen LogP contribution < -0.4 is 11.1 Å². The maximum Gasteiger partial charge on any atom is 0.286 e. The summed E-state index contributed by atoms with van der Waals surface area (Å²) in [6, 6.07) is 0. The molecule has 0 aromatic heterocycles. The molecule has 0 radical (unpaired) electrons. The minimum atomic E-state index is -1.41. The summed E-state index contributed by atoms with van der Waals surface area (Å²) in [7, 11) is 0. The summed E-state index contributed by atoms with van der Waals surface area (Å²) in [6.07, 6.45) is 1.29. The molecule has 3 N–H and O–H groups in total. The largest absolute Gasteiger partial charge is 0.322 e. The summed E-state index contributed by atoms with van der Waals surface area (Å²) in [5.74, 6) is 0. The van der Waals surface area contributed by atoms with E-state index < -0.39 is 5.25 Å². The number of nitrogens with zero attached hydrogens (tertiary/aromatic N) is 2. The van der Waals surface area contributed by atoms with E-state index in [2.05, 4.69) is 15.3 Å². The molecular weight excluding hydrogens is 163 g/mol. The normalized spacial score (nSPS) is 33.4. The highest BCUT2D eigenvalue weighted by molar-refractivity contribution is 6.66. The number of nitrogens with one attached hydrogen (secondary N) is 1. The fraction of sp³-hybridized carbons (Fsp3) is 0.333. The van der Waals surface area contributed by atoms with Crippen LogP contribution in [0.1, 0.15) is 0 Å². The Hall–Kier alpha value is -0.320. The fourth-order valence-electron chi connectivity index (χ4n) is 0.375. The van der Waals surface area contributed by atoms with Gasteiger partial charge in [-0.15, -0.1) is 0 Å². The van der Waals surface area contributed by atoms with Crippen molar-refractivity contribution in [1.29, 1.82) is 0 Å². The molecule has 4 nitrogen and oxygen atoms in total. The van der Waals surface area contributed by atoms with E-state index in [4.69, 9.17) is 28.9 Å². The monoisotopic (exact) mass is 166 g/mol. The molecule has 50 valence electrons. The number of hydrogen-bond donors (Lipinski definition) is 2. The van der Waals surface area contributed by atoms with E-state index in [9.17, 15) is 0 Å². The highest BCUT2D eigenvalue weighted by atomic mass is 35.5. The van der Waals surface area contributed by atoms with E-state index in [1.165, 1.54) is 6.34 Å². The Bertz CT molecular complexity index is 173. The first kappa shape index (κ1) is 6.80. The number of halogens is 2. The number of hydrogen-bond acceptors (Lipinski definition) is 4. The highest BCUT2D eigenvalue weighted by Gasteiger charge is 2.20. The third kappa shape index (κ3) is 1.82. The lowest BCUT2D eigenvalue weighted by molar-refractivity contribution is 0.662. The average Bonchev–Trinajstić information content (AvgIpc) is 1.60. The topological polar surface area (TPSA) is 62.8 Å². The highest BCUT2D eigenvalue weighted by Crippen LogP contribution is 2.12. The van der Waals surface area contributed by atoms with Crippen molar-refractivity contribution in [2.24, 2.45) is 15.7 Å². The predicted octanol–water partition coefficient (Wildman–Crippen LogP) is 0.0215. The average molecular weight is 167 g/mol. The Morgan fingerprint density at radius 1 is 1.78 bits per heavy atom. The van der Waals surface area contributed by atoms with Crippen LogP contribution in [-0.4, -0.2) is 16.9 Å². The maximum atomic E-state index is 5.43. The number of amidine groups is 1. The van der Waals surface area contributed by atoms with Crippen LogP contribution in [0.2, 0.25) is 0 Å². The van der Waals surface area contributed by atoms with E-state index in [1.54, 1.807) is 0 Å². The molecule has 0 spiro atoms. The minimum absolute atomic E-state index is 0.141. The molecule has 6 heteroatoms. The molecule has 0 aliphatic carbocycles. The molecule has 1 rings (SSSR count). The van der Waals surface area contributed by atoms with E-state index in [-0.39, 0.29) is 5.29 Å². The predicted molar refractivity (Wildman–Crippen MR) is 37.7 cm³/mol. The summed E-state index contributed by atoms with van der Waals surface area (Å²) >= 11 is 10.8. The number of nitrogens with two attached hydrogens (primary N) is 1. The van der Waals surface area contributed by atoms with Crippen LogP contribution in [0.4, 0.5) is 0 Å². The Morgan fingerprint density at radius 2 is 2.44 bits per heavy atom. The number of aliphatic imine (C=N–C) groups is 2. The Morgan fingerprint density at radius 3 is 2.78 bits per heavy atom. The molecule has 1 atom stereocenters. The summed E-state index contributed by atoms with van der Waals surface area (Å²) in [6.45, 7) is 0. The zero-order valence-corrected chi connectivity index (χ0v) is 5.82. The zero-order valence-electron chi connectivity index (χ0n) is 4.31. The van der Waals surface area contributed by atoms with Crippen molar-refractivity contribution in [2.75, 3.05) is 0 Å². The summed E-state index contributed by atoms with van der Waals surface area (Å²) in [4.78, 5) is 7.08. The molecule has 1 aliphatic heterocycles. The lowest BCUT2D eigenvalue weighted by Crippen LogP contribution is -2.36. The summed E-state index contributed by atoms with van der Waals surface area (Å²) in [5, 5.41) is 1.22. The second-order valence-electron chi connectivity index (χ2n) is 1.44. The van der Waals surface area contributed by atoms with Crippen LogP contribution in [0.15, 0.2) is 9.98 Å². The first-order chi connectivity index (χ1) is 4.10. The first-order valence-corrected chi connectivity index (χ1v) is 2.89. The first-order valence-electron chi connectivity index (χ1n) is 2.13. The van der Waals surface area contributed by atoms with Gasteiger partial charge < -0.3 is 5.32 Å². The van der Waals surface area contributed by atoms with Crippen molar-refractivity contribution in [3.63, 3.8) is 0 Å². The lowest BCUT2D eigenvalue weighted by atomic mass is 10.8. The smallest absolute Gasteiger partial charge is 0.286 e. The van der Waals surface area contributed by atoms with Gasteiger partial charge in [0.25, 0.3) is 5.25 Å². The SMILES string of the molecule is NC1(Cl)N=CNC(Cl)=N1. The third-order valence-corrected chi connectivity index (χ3v) is 1.06. The van der Waals surface area contributed by atoms with Gasteiger partial charge in [-0.3, -0.25) is 5.73 Å². The van der Waals surface area contributed by atoms with Crippen molar-refractivity contribution < 1.29 is 0 Å². The van der Waals surface area contributed by atoms with Gasteiger partial charge in [0.05, 0.1) is 6.34 Å². The fourth-order valence-corrected chi connectivity index (χ4v) is 0.729. The molecule has 0 amide bonds. The van der Waals surface area contributed by atoms with E-state index in [1.807, 2.05) is 0 Å². The van der Waals surface area contributed by atoms with Crippen molar-refractivity contribution in [3.05, 3.63) is 0 Å². The molecule has 1 unspecified atom stereocenters. The number of alkyl halides is 1. The van der Waals surface area contributed by atoms with Crippen molar-refractivity contribution in [2.45, 2.75) is 5.25 Å². The van der Waals surface area contributed by atoms with Crippen molar-refractivity contribution >= 4 is 34.8 Å². The summed E-state index contributed by atoms with van der Waals surface area (Å²) in [5.41, 5.74) is 5.22. The van der Waals surface area contributed by atoms with Crippen LogP contribution in [0.5, 0.6) is 0 Å². The molecule has 0 aromatic carbocycles. The van der Waals surface area contributed by atoms with Gasteiger partial charge in [-0.1, -0.05) is 11.6 Å². The molecule has 0 saturated heterocycles. The second-order valence-corrected chi connectivity index (χ2v) is 2.36. The van der Waals surface area contributed by atoms with E-state index in [0.717, 1.165) is 0 Å². The van der Waals surface area contributed by atoms with E-state index >= 15 is 0 Å². The van der Waals surface area contributed by atoms with Gasteiger partial charge >= 0.3 is 0 Å².